The van der Waals surface area contributed by atoms with Crippen LogP contribution in [0.2, 0.25) is 0 Å². The lowest BCUT2D eigenvalue weighted by molar-refractivity contribution is -0.149. The number of carboxylic acid groups (broad SMARTS) is 1. The molecule has 0 aliphatic heterocycles. The first-order chi connectivity index (χ1) is 8.95. The van der Waals surface area contributed by atoms with Crippen molar-refractivity contribution in [3.05, 3.63) is 34.3 Å². The Balaban J connectivity index is 2.75. The average Bonchev–Trinajstić information content (AvgIpc) is 2.40. The van der Waals surface area contributed by atoms with Gasteiger partial charge in [0.15, 0.2) is 0 Å². The molecule has 1 rings (SSSR count). The van der Waals surface area contributed by atoms with Crippen LogP contribution in [0.25, 0.3) is 0 Å². The fraction of sp³-hybridized carbons (Fsp3) is 0.429. The van der Waals surface area contributed by atoms with Crippen LogP contribution in [-0.2, 0) is 4.79 Å². The maximum Gasteiger partial charge on any atom is 0.311 e. The minimum absolute atomic E-state index is 0.140. The Labute approximate surface area is 121 Å². The van der Waals surface area contributed by atoms with Crippen LogP contribution >= 0.6 is 15.9 Å². The lowest BCUT2D eigenvalue weighted by Crippen LogP contribution is -2.42. The summed E-state index contributed by atoms with van der Waals surface area (Å²) in [6, 6.07) is 7.00. The van der Waals surface area contributed by atoms with Gasteiger partial charge >= 0.3 is 5.97 Å². The highest BCUT2D eigenvalue weighted by Crippen LogP contribution is 2.25. The topological polar surface area (TPSA) is 66.4 Å². The van der Waals surface area contributed by atoms with Crippen LogP contribution in [0.3, 0.4) is 0 Å². The third-order valence-electron chi connectivity index (χ3n) is 3.48. The molecule has 1 amide bonds. The first-order valence-corrected chi connectivity index (χ1v) is 7.01. The van der Waals surface area contributed by atoms with E-state index in [0.717, 1.165) is 4.47 Å². The summed E-state index contributed by atoms with van der Waals surface area (Å²) in [6.07, 6.45) is 0.967. The molecule has 0 aliphatic rings. The van der Waals surface area contributed by atoms with Crippen molar-refractivity contribution >= 4 is 27.8 Å². The van der Waals surface area contributed by atoms with Gasteiger partial charge in [-0.25, -0.2) is 0 Å². The van der Waals surface area contributed by atoms with Crippen LogP contribution in [0, 0.1) is 5.41 Å². The molecule has 2 N–H and O–H groups in total. The van der Waals surface area contributed by atoms with E-state index in [4.69, 9.17) is 0 Å². The van der Waals surface area contributed by atoms with Gasteiger partial charge in [-0.3, -0.25) is 9.59 Å². The summed E-state index contributed by atoms with van der Waals surface area (Å²) >= 11 is 3.30. The van der Waals surface area contributed by atoms with Gasteiger partial charge in [-0.15, -0.1) is 0 Å². The highest BCUT2D eigenvalue weighted by atomic mass is 79.9. The molecule has 104 valence electrons. The third kappa shape index (κ3) is 3.80. The van der Waals surface area contributed by atoms with Crippen LogP contribution in [0.5, 0.6) is 0 Å². The molecular weight excluding hydrogens is 310 g/mol. The molecule has 0 atom stereocenters. The van der Waals surface area contributed by atoms with Crippen molar-refractivity contribution in [3.8, 4) is 0 Å². The van der Waals surface area contributed by atoms with Gasteiger partial charge in [0.1, 0.15) is 0 Å². The van der Waals surface area contributed by atoms with E-state index in [0.29, 0.717) is 18.4 Å². The number of carbonyl (C=O) groups is 2. The zero-order valence-corrected chi connectivity index (χ0v) is 12.7. The summed E-state index contributed by atoms with van der Waals surface area (Å²) in [5, 5.41) is 12.0. The lowest BCUT2D eigenvalue weighted by atomic mass is 9.82. The Bertz CT molecular complexity index is 470. The molecule has 0 bridgehead atoms. The molecule has 0 spiro atoms. The van der Waals surface area contributed by atoms with Crippen molar-refractivity contribution < 1.29 is 14.7 Å². The summed E-state index contributed by atoms with van der Waals surface area (Å²) in [5.41, 5.74) is -0.373. The molecule has 4 nitrogen and oxygen atoms in total. The van der Waals surface area contributed by atoms with Gasteiger partial charge in [0.25, 0.3) is 5.91 Å². The normalized spacial score (nSPS) is 11.1. The van der Waals surface area contributed by atoms with E-state index in [2.05, 4.69) is 21.2 Å². The zero-order valence-electron chi connectivity index (χ0n) is 11.1. The third-order valence-corrected chi connectivity index (χ3v) is 3.97. The van der Waals surface area contributed by atoms with Gasteiger partial charge in [0.2, 0.25) is 0 Å². The molecule has 0 fully saturated rings. The predicted octanol–water partition coefficient (Wildman–Crippen LogP) is 3.07. The Kier molecular flexibility index (Phi) is 5.54. The van der Waals surface area contributed by atoms with Gasteiger partial charge in [-0.1, -0.05) is 35.8 Å². The first kappa shape index (κ1) is 15.7. The summed E-state index contributed by atoms with van der Waals surface area (Å²) in [5.74, 6) is -1.12. The number of hydrogen-bond donors (Lipinski definition) is 2. The minimum Gasteiger partial charge on any atom is -0.481 e. The molecule has 0 saturated heterocycles. The van der Waals surface area contributed by atoms with Crippen molar-refractivity contribution in [3.63, 3.8) is 0 Å². The minimum atomic E-state index is -0.887. The Hall–Kier alpha value is -1.36. The van der Waals surface area contributed by atoms with Crippen LogP contribution in [0.15, 0.2) is 28.7 Å². The van der Waals surface area contributed by atoms with E-state index < -0.39 is 11.4 Å². The molecule has 0 aliphatic carbocycles. The molecule has 0 unspecified atom stereocenters. The van der Waals surface area contributed by atoms with Gasteiger partial charge in [-0.05, 0) is 31.0 Å². The Morgan fingerprint density at radius 2 is 1.95 bits per heavy atom. The number of hydrogen-bond acceptors (Lipinski definition) is 2. The molecule has 0 saturated carbocycles. The predicted molar refractivity (Wildman–Crippen MR) is 77.1 cm³/mol. The number of aliphatic carboxylic acids is 1. The quantitative estimate of drug-likeness (QED) is 0.843. The highest BCUT2D eigenvalue weighted by molar-refractivity contribution is 9.10. The second-order valence-corrected chi connectivity index (χ2v) is 5.40. The number of halogens is 1. The van der Waals surface area contributed by atoms with Gasteiger partial charge in [-0.2, -0.15) is 0 Å². The van der Waals surface area contributed by atoms with E-state index in [1.54, 1.807) is 18.2 Å². The monoisotopic (exact) mass is 327 g/mol. The average molecular weight is 328 g/mol. The number of nitrogens with one attached hydrogen (secondary N) is 1. The smallest absolute Gasteiger partial charge is 0.311 e. The molecule has 1 aromatic rings. The van der Waals surface area contributed by atoms with E-state index in [-0.39, 0.29) is 12.5 Å². The van der Waals surface area contributed by atoms with Crippen molar-refractivity contribution in [2.24, 2.45) is 5.41 Å². The van der Waals surface area contributed by atoms with Gasteiger partial charge in [0, 0.05) is 16.6 Å². The summed E-state index contributed by atoms with van der Waals surface area (Å²) in [7, 11) is 0. The SMILES string of the molecule is CCC(CC)(CNC(=O)c1cccc(Br)c1)C(=O)O. The number of carbonyl (C=O) groups excluding carboxylic acids is 1. The maximum absolute atomic E-state index is 12.0. The summed E-state index contributed by atoms with van der Waals surface area (Å²) in [6.45, 7) is 3.78. The Morgan fingerprint density at radius 1 is 1.32 bits per heavy atom. The maximum atomic E-state index is 12.0. The zero-order chi connectivity index (χ0) is 14.5. The lowest BCUT2D eigenvalue weighted by Gasteiger charge is -2.26. The number of benzene rings is 1. The van der Waals surface area contributed by atoms with Crippen LogP contribution in [0.4, 0.5) is 0 Å². The molecule has 0 aromatic heterocycles. The summed E-state index contributed by atoms with van der Waals surface area (Å²) in [4.78, 5) is 23.3. The molecular formula is C14H18BrNO3. The van der Waals surface area contributed by atoms with E-state index in [1.807, 2.05) is 19.9 Å². The molecule has 5 heteroatoms. The number of carboxylic acids is 1. The molecule has 19 heavy (non-hydrogen) atoms. The first-order valence-electron chi connectivity index (χ1n) is 6.22. The van der Waals surface area contributed by atoms with Crippen LogP contribution < -0.4 is 5.32 Å². The van der Waals surface area contributed by atoms with Gasteiger partial charge < -0.3 is 10.4 Å². The Morgan fingerprint density at radius 3 is 2.42 bits per heavy atom. The van der Waals surface area contributed by atoms with E-state index in [1.165, 1.54) is 0 Å². The van der Waals surface area contributed by atoms with Crippen molar-refractivity contribution in [2.75, 3.05) is 6.54 Å². The van der Waals surface area contributed by atoms with Crippen LogP contribution in [-0.4, -0.2) is 23.5 Å². The molecule has 0 heterocycles. The molecule has 0 radical (unpaired) electrons. The fourth-order valence-electron chi connectivity index (χ4n) is 1.86. The van der Waals surface area contributed by atoms with Crippen LogP contribution in [0.1, 0.15) is 37.0 Å². The number of rotatable bonds is 6. The van der Waals surface area contributed by atoms with E-state index in [9.17, 15) is 14.7 Å². The van der Waals surface area contributed by atoms with Crippen molar-refractivity contribution in [2.45, 2.75) is 26.7 Å². The van der Waals surface area contributed by atoms with Crippen molar-refractivity contribution in [1.29, 1.82) is 0 Å². The highest BCUT2D eigenvalue weighted by Gasteiger charge is 2.35. The van der Waals surface area contributed by atoms with E-state index >= 15 is 0 Å². The fourth-order valence-corrected chi connectivity index (χ4v) is 2.26. The molecule has 1 aromatic carbocycles. The van der Waals surface area contributed by atoms with Crippen molar-refractivity contribution in [1.82, 2.24) is 5.32 Å². The second-order valence-electron chi connectivity index (χ2n) is 4.49. The van der Waals surface area contributed by atoms with Gasteiger partial charge in [0.05, 0.1) is 5.41 Å². The standard InChI is InChI=1S/C14H18BrNO3/c1-3-14(4-2,13(18)19)9-16-12(17)10-6-5-7-11(15)8-10/h5-8H,3-4,9H2,1-2H3,(H,16,17)(H,18,19). The second kappa shape index (κ2) is 6.70. The summed E-state index contributed by atoms with van der Waals surface area (Å²) < 4.78 is 0.815. The largest absolute Gasteiger partial charge is 0.481 e. The number of amides is 1.